The van der Waals surface area contributed by atoms with E-state index in [0.717, 1.165) is 48.7 Å². The van der Waals surface area contributed by atoms with Crippen LogP contribution >= 0.6 is 0 Å². The van der Waals surface area contributed by atoms with E-state index >= 15 is 0 Å². The van der Waals surface area contributed by atoms with E-state index < -0.39 is 6.10 Å². The van der Waals surface area contributed by atoms with E-state index in [9.17, 15) is 15.0 Å². The Morgan fingerprint density at radius 3 is 2.79 bits per heavy atom. The Bertz CT molecular complexity index is 1220. The fourth-order valence-electron chi connectivity index (χ4n) is 5.09. The zero-order chi connectivity index (χ0) is 22.7. The van der Waals surface area contributed by atoms with E-state index in [1.165, 1.54) is 6.20 Å². The standard InChI is InChI=1S/C23H27N7O3/c1-24-20-9-18(16-11-29(12-7-13(31)8-12)21-14(16)3-2-6-25-21)27-22-15(10-26-30(20)22)23(33)28-17-4-5-19(17)32/h2-3,6,9-10,12-13,16-17,19,24,31-32H,4-5,7-8,11H2,1H3,(H,28,33)/t12?,13?,16?,17?,19-/m1/s1. The highest BCUT2D eigenvalue weighted by molar-refractivity contribution is 6.00. The molecule has 2 saturated carbocycles. The Morgan fingerprint density at radius 1 is 1.24 bits per heavy atom. The van der Waals surface area contributed by atoms with Gasteiger partial charge < -0.3 is 25.7 Å². The third-order valence-corrected chi connectivity index (χ3v) is 7.28. The van der Waals surface area contributed by atoms with Gasteiger partial charge in [0, 0.05) is 43.4 Å². The van der Waals surface area contributed by atoms with Crippen molar-refractivity contribution in [2.24, 2.45) is 0 Å². The summed E-state index contributed by atoms with van der Waals surface area (Å²) < 4.78 is 1.63. The van der Waals surface area contributed by atoms with Crippen LogP contribution in [0.5, 0.6) is 0 Å². The van der Waals surface area contributed by atoms with Crippen LogP contribution in [0.1, 0.15) is 53.2 Å². The van der Waals surface area contributed by atoms with Gasteiger partial charge >= 0.3 is 0 Å². The van der Waals surface area contributed by atoms with Gasteiger partial charge in [-0.05, 0) is 31.7 Å². The summed E-state index contributed by atoms with van der Waals surface area (Å²) in [5, 5.41) is 30.1. The number of anilines is 2. The number of rotatable bonds is 5. The second-order valence-electron chi connectivity index (χ2n) is 9.23. The number of nitrogens with one attached hydrogen (secondary N) is 2. The van der Waals surface area contributed by atoms with Crippen LogP contribution in [0.3, 0.4) is 0 Å². The minimum atomic E-state index is -0.495. The van der Waals surface area contributed by atoms with E-state index in [4.69, 9.17) is 4.98 Å². The van der Waals surface area contributed by atoms with Crippen molar-refractivity contribution in [1.82, 2.24) is 24.9 Å². The number of amides is 1. The number of carbonyl (C=O) groups excluding carboxylic acids is 1. The molecule has 0 spiro atoms. The summed E-state index contributed by atoms with van der Waals surface area (Å²) in [6, 6.07) is 6.03. The quantitative estimate of drug-likeness (QED) is 0.452. The van der Waals surface area contributed by atoms with Gasteiger partial charge in [-0.25, -0.2) is 9.97 Å². The van der Waals surface area contributed by atoms with E-state index in [2.05, 4.69) is 31.7 Å². The van der Waals surface area contributed by atoms with Crippen molar-refractivity contribution in [3.05, 3.63) is 47.4 Å². The van der Waals surface area contributed by atoms with Gasteiger partial charge in [-0.15, -0.1) is 0 Å². The average molecular weight is 450 g/mol. The molecule has 3 atom stereocenters. The first kappa shape index (κ1) is 20.4. The maximum absolute atomic E-state index is 12.9. The highest BCUT2D eigenvalue weighted by atomic mass is 16.3. The monoisotopic (exact) mass is 449 g/mol. The van der Waals surface area contributed by atoms with E-state index in [1.807, 2.05) is 19.2 Å². The molecule has 2 aliphatic carbocycles. The van der Waals surface area contributed by atoms with Gasteiger partial charge in [0.25, 0.3) is 5.91 Å². The van der Waals surface area contributed by atoms with Gasteiger partial charge in [-0.2, -0.15) is 9.61 Å². The maximum Gasteiger partial charge on any atom is 0.257 e. The number of hydrogen-bond acceptors (Lipinski definition) is 8. The zero-order valence-corrected chi connectivity index (χ0v) is 18.3. The highest BCUT2D eigenvalue weighted by Gasteiger charge is 2.41. The number of aromatic nitrogens is 4. The number of carbonyl (C=O) groups is 1. The van der Waals surface area contributed by atoms with Crippen LogP contribution < -0.4 is 15.5 Å². The predicted octanol–water partition coefficient (Wildman–Crippen LogP) is 0.894. The van der Waals surface area contributed by atoms with Crippen LogP contribution in [-0.4, -0.2) is 73.6 Å². The van der Waals surface area contributed by atoms with Gasteiger partial charge in [0.1, 0.15) is 17.2 Å². The molecule has 1 aliphatic heterocycles. The lowest BCUT2D eigenvalue weighted by molar-refractivity contribution is 0.0448. The second-order valence-corrected chi connectivity index (χ2v) is 9.23. The molecule has 2 unspecified atom stereocenters. The Labute approximate surface area is 190 Å². The molecule has 1 amide bonds. The Hall–Kier alpha value is -3.24. The SMILES string of the molecule is CNc1cc(C2CN(C3CC(O)C3)c3ncccc32)nc2c(C(=O)NC3CC[C@H]3O)cnn12. The topological polar surface area (TPSA) is 128 Å². The van der Waals surface area contributed by atoms with Crippen molar-refractivity contribution in [3.63, 3.8) is 0 Å². The van der Waals surface area contributed by atoms with E-state index in [0.29, 0.717) is 17.6 Å². The molecule has 172 valence electrons. The summed E-state index contributed by atoms with van der Waals surface area (Å²) in [6.07, 6.45) is 5.56. The molecule has 3 aromatic rings. The Morgan fingerprint density at radius 2 is 2.09 bits per heavy atom. The summed E-state index contributed by atoms with van der Waals surface area (Å²) in [7, 11) is 1.82. The predicted molar refractivity (Wildman–Crippen MR) is 121 cm³/mol. The van der Waals surface area contributed by atoms with Gasteiger partial charge in [0.2, 0.25) is 0 Å². The molecule has 3 aromatic heterocycles. The third-order valence-electron chi connectivity index (χ3n) is 7.28. The fraction of sp³-hybridized carbons (Fsp3) is 0.478. The second kappa shape index (κ2) is 7.67. The normalized spacial score (nSPS) is 28.2. The molecule has 4 heterocycles. The van der Waals surface area contributed by atoms with Crippen LogP contribution in [0.15, 0.2) is 30.6 Å². The van der Waals surface area contributed by atoms with Gasteiger partial charge in [-0.3, -0.25) is 4.79 Å². The highest BCUT2D eigenvalue weighted by Crippen LogP contribution is 2.43. The molecule has 0 bridgehead atoms. The number of aliphatic hydroxyl groups excluding tert-OH is 2. The first-order valence-electron chi connectivity index (χ1n) is 11.5. The summed E-state index contributed by atoms with van der Waals surface area (Å²) >= 11 is 0. The summed E-state index contributed by atoms with van der Waals surface area (Å²) in [6.45, 7) is 0.722. The number of fused-ring (bicyclic) bond motifs is 2. The fourth-order valence-corrected chi connectivity index (χ4v) is 5.09. The van der Waals surface area contributed by atoms with Crippen molar-refractivity contribution in [3.8, 4) is 0 Å². The van der Waals surface area contributed by atoms with Crippen molar-refractivity contribution in [1.29, 1.82) is 0 Å². The molecule has 33 heavy (non-hydrogen) atoms. The van der Waals surface area contributed by atoms with Crippen molar-refractivity contribution >= 4 is 23.2 Å². The van der Waals surface area contributed by atoms with E-state index in [1.54, 1.807) is 10.7 Å². The molecule has 2 fully saturated rings. The lowest BCUT2D eigenvalue weighted by atomic mass is 9.88. The van der Waals surface area contributed by atoms with Crippen molar-refractivity contribution in [2.75, 3.05) is 23.8 Å². The number of aliphatic hydroxyl groups is 2. The number of hydrogen-bond donors (Lipinski definition) is 4. The van der Waals surface area contributed by atoms with Crippen LogP contribution in [-0.2, 0) is 0 Å². The summed E-state index contributed by atoms with van der Waals surface area (Å²) in [5.74, 6) is 1.39. The lowest BCUT2D eigenvalue weighted by Gasteiger charge is -2.39. The molecule has 3 aliphatic rings. The minimum Gasteiger partial charge on any atom is -0.393 e. The van der Waals surface area contributed by atoms with Crippen LogP contribution in [0.25, 0.3) is 5.65 Å². The Kier molecular flexibility index (Phi) is 4.73. The minimum absolute atomic E-state index is 0.0113. The van der Waals surface area contributed by atoms with E-state index in [-0.39, 0.29) is 30.0 Å². The maximum atomic E-state index is 12.9. The molecule has 6 rings (SSSR count). The first-order chi connectivity index (χ1) is 16.0. The molecule has 10 heteroatoms. The summed E-state index contributed by atoms with van der Waals surface area (Å²) in [4.78, 5) is 24.8. The first-order valence-corrected chi connectivity index (χ1v) is 11.5. The number of pyridine rings is 1. The molecule has 0 aromatic carbocycles. The summed E-state index contributed by atoms with van der Waals surface area (Å²) in [5.41, 5.74) is 2.80. The molecular weight excluding hydrogens is 422 g/mol. The zero-order valence-electron chi connectivity index (χ0n) is 18.3. The average Bonchev–Trinajstić information content (AvgIpc) is 3.40. The molecular formula is C23H27N7O3. The molecule has 10 nitrogen and oxygen atoms in total. The smallest absolute Gasteiger partial charge is 0.257 e. The largest absolute Gasteiger partial charge is 0.393 e. The third kappa shape index (κ3) is 3.24. The Balaban J connectivity index is 1.38. The van der Waals surface area contributed by atoms with Crippen LogP contribution in [0.2, 0.25) is 0 Å². The van der Waals surface area contributed by atoms with Gasteiger partial charge in [0.05, 0.1) is 30.1 Å². The van der Waals surface area contributed by atoms with Crippen molar-refractivity contribution < 1.29 is 15.0 Å². The molecule has 0 saturated heterocycles. The van der Waals surface area contributed by atoms with Crippen LogP contribution in [0, 0.1) is 0 Å². The lowest BCUT2D eigenvalue weighted by Crippen LogP contribution is -2.50. The number of nitrogens with zero attached hydrogens (tertiary/aromatic N) is 5. The van der Waals surface area contributed by atoms with Crippen LogP contribution in [0.4, 0.5) is 11.6 Å². The molecule has 4 N–H and O–H groups in total. The van der Waals surface area contributed by atoms with Gasteiger partial charge in [-0.1, -0.05) is 6.07 Å². The molecule has 0 radical (unpaired) electrons. The van der Waals surface area contributed by atoms with Crippen molar-refractivity contribution in [2.45, 2.75) is 55.9 Å². The van der Waals surface area contributed by atoms with Gasteiger partial charge in [0.15, 0.2) is 5.65 Å².